The van der Waals surface area contributed by atoms with E-state index in [4.69, 9.17) is 0 Å². The molecular weight excluding hydrogens is 176 g/mol. The summed E-state index contributed by atoms with van der Waals surface area (Å²) in [5.41, 5.74) is 2.86. The molecule has 1 atom stereocenters. The highest BCUT2D eigenvalue weighted by molar-refractivity contribution is 5.53. The van der Waals surface area contributed by atoms with Crippen molar-refractivity contribution in [2.45, 2.75) is 33.1 Å². The van der Waals surface area contributed by atoms with Crippen LogP contribution in [-0.2, 0) is 4.79 Å². The van der Waals surface area contributed by atoms with E-state index in [0.717, 1.165) is 23.0 Å². The second-order valence-electron chi connectivity index (χ2n) is 3.82. The standard InChI is InChI=1S/C12H16O2/c1-8-6-10(3)12(14)11(7-8)9(2)4-5-13/h5-7,9,14H,4H2,1-3H3. The fourth-order valence-electron chi connectivity index (χ4n) is 1.64. The number of phenolic OH excluding ortho intramolecular Hbond substituents is 1. The van der Waals surface area contributed by atoms with Gasteiger partial charge in [-0.1, -0.05) is 24.6 Å². The molecule has 0 aromatic heterocycles. The molecule has 1 aromatic rings. The average Bonchev–Trinajstić information content (AvgIpc) is 2.11. The number of phenols is 1. The lowest BCUT2D eigenvalue weighted by molar-refractivity contribution is -0.108. The first-order valence-corrected chi connectivity index (χ1v) is 4.80. The van der Waals surface area contributed by atoms with Crippen LogP contribution < -0.4 is 0 Å². The Hall–Kier alpha value is -1.31. The highest BCUT2D eigenvalue weighted by Crippen LogP contribution is 2.31. The molecule has 76 valence electrons. The monoisotopic (exact) mass is 192 g/mol. The van der Waals surface area contributed by atoms with Crippen LogP contribution in [0, 0.1) is 13.8 Å². The molecule has 2 heteroatoms. The van der Waals surface area contributed by atoms with Gasteiger partial charge in [0.1, 0.15) is 12.0 Å². The minimum absolute atomic E-state index is 0.0890. The fraction of sp³-hybridized carbons (Fsp3) is 0.417. The Bertz CT molecular complexity index is 342. The third kappa shape index (κ3) is 2.13. The van der Waals surface area contributed by atoms with E-state index in [9.17, 15) is 9.90 Å². The van der Waals surface area contributed by atoms with E-state index in [1.165, 1.54) is 0 Å². The molecular formula is C12H16O2. The van der Waals surface area contributed by atoms with E-state index in [1.807, 2.05) is 32.9 Å². The van der Waals surface area contributed by atoms with Gasteiger partial charge in [0.2, 0.25) is 0 Å². The first-order chi connectivity index (χ1) is 6.56. The van der Waals surface area contributed by atoms with Crippen molar-refractivity contribution in [3.05, 3.63) is 28.8 Å². The number of rotatable bonds is 3. The van der Waals surface area contributed by atoms with Gasteiger partial charge in [-0.25, -0.2) is 0 Å². The van der Waals surface area contributed by atoms with Gasteiger partial charge in [0.25, 0.3) is 0 Å². The molecule has 0 saturated heterocycles. The van der Waals surface area contributed by atoms with E-state index < -0.39 is 0 Å². The first kappa shape index (κ1) is 10.8. The third-order valence-electron chi connectivity index (χ3n) is 2.46. The number of aromatic hydroxyl groups is 1. The van der Waals surface area contributed by atoms with Gasteiger partial charge in [0, 0.05) is 6.42 Å². The molecule has 0 fully saturated rings. The molecule has 0 heterocycles. The molecule has 0 saturated carbocycles. The predicted molar refractivity (Wildman–Crippen MR) is 56.7 cm³/mol. The summed E-state index contributed by atoms with van der Waals surface area (Å²) >= 11 is 0. The van der Waals surface area contributed by atoms with Crippen molar-refractivity contribution in [3.8, 4) is 5.75 Å². The Kier molecular flexibility index (Phi) is 3.28. The zero-order chi connectivity index (χ0) is 10.7. The molecule has 0 aliphatic heterocycles. The number of aldehydes is 1. The van der Waals surface area contributed by atoms with Gasteiger partial charge in [0.15, 0.2) is 0 Å². The highest BCUT2D eigenvalue weighted by Gasteiger charge is 2.12. The van der Waals surface area contributed by atoms with Crippen LogP contribution in [0.1, 0.15) is 36.0 Å². The summed E-state index contributed by atoms with van der Waals surface area (Å²) in [5.74, 6) is 0.413. The zero-order valence-corrected chi connectivity index (χ0v) is 8.87. The highest BCUT2D eigenvalue weighted by atomic mass is 16.3. The molecule has 14 heavy (non-hydrogen) atoms. The maximum absolute atomic E-state index is 10.4. The second-order valence-corrected chi connectivity index (χ2v) is 3.82. The number of hydrogen-bond donors (Lipinski definition) is 1. The molecule has 0 aliphatic rings. The number of aryl methyl sites for hydroxylation is 2. The predicted octanol–water partition coefficient (Wildman–Crippen LogP) is 2.70. The number of carbonyl (C=O) groups excluding carboxylic acids is 1. The quantitative estimate of drug-likeness (QED) is 0.747. The van der Waals surface area contributed by atoms with E-state index in [1.54, 1.807) is 0 Å². The summed E-state index contributed by atoms with van der Waals surface area (Å²) in [7, 11) is 0. The second kappa shape index (κ2) is 4.27. The Morgan fingerprint density at radius 1 is 1.43 bits per heavy atom. The van der Waals surface area contributed by atoms with Gasteiger partial charge in [-0.3, -0.25) is 0 Å². The van der Waals surface area contributed by atoms with Crippen molar-refractivity contribution < 1.29 is 9.90 Å². The van der Waals surface area contributed by atoms with E-state index >= 15 is 0 Å². The molecule has 0 aliphatic carbocycles. The van der Waals surface area contributed by atoms with Gasteiger partial charge in [-0.15, -0.1) is 0 Å². The average molecular weight is 192 g/mol. The normalized spacial score (nSPS) is 12.5. The van der Waals surface area contributed by atoms with Crippen molar-refractivity contribution >= 4 is 6.29 Å². The Balaban J connectivity index is 3.12. The summed E-state index contributed by atoms with van der Waals surface area (Å²) in [5, 5.41) is 9.80. The molecule has 0 amide bonds. The van der Waals surface area contributed by atoms with Crippen LogP contribution in [0.4, 0.5) is 0 Å². The topological polar surface area (TPSA) is 37.3 Å². The van der Waals surface area contributed by atoms with Crippen LogP contribution >= 0.6 is 0 Å². The summed E-state index contributed by atoms with van der Waals surface area (Å²) in [6.45, 7) is 5.81. The van der Waals surface area contributed by atoms with Crippen LogP contribution in [0.5, 0.6) is 5.75 Å². The van der Waals surface area contributed by atoms with Gasteiger partial charge in [-0.05, 0) is 30.9 Å². The van der Waals surface area contributed by atoms with Crippen molar-refractivity contribution in [1.29, 1.82) is 0 Å². The minimum Gasteiger partial charge on any atom is -0.507 e. The fourth-order valence-corrected chi connectivity index (χ4v) is 1.64. The lowest BCUT2D eigenvalue weighted by Gasteiger charge is -2.13. The van der Waals surface area contributed by atoms with Crippen molar-refractivity contribution in [3.63, 3.8) is 0 Å². The molecule has 0 spiro atoms. The number of carbonyl (C=O) groups is 1. The van der Waals surface area contributed by atoms with Crippen molar-refractivity contribution in [2.24, 2.45) is 0 Å². The Morgan fingerprint density at radius 2 is 2.07 bits per heavy atom. The van der Waals surface area contributed by atoms with E-state index in [2.05, 4.69) is 0 Å². The SMILES string of the molecule is Cc1cc(C)c(O)c(C(C)CC=O)c1. The van der Waals surface area contributed by atoms with Crippen LogP contribution in [0.15, 0.2) is 12.1 Å². The smallest absolute Gasteiger partial charge is 0.121 e. The minimum atomic E-state index is 0.0890. The summed E-state index contributed by atoms with van der Waals surface area (Å²) in [4.78, 5) is 10.4. The van der Waals surface area contributed by atoms with Gasteiger partial charge >= 0.3 is 0 Å². The molecule has 0 radical (unpaired) electrons. The van der Waals surface area contributed by atoms with E-state index in [0.29, 0.717) is 12.2 Å². The largest absolute Gasteiger partial charge is 0.507 e. The lowest BCUT2D eigenvalue weighted by Crippen LogP contribution is -1.97. The van der Waals surface area contributed by atoms with Crippen LogP contribution in [-0.4, -0.2) is 11.4 Å². The maximum atomic E-state index is 10.4. The lowest BCUT2D eigenvalue weighted by atomic mass is 9.94. The first-order valence-electron chi connectivity index (χ1n) is 4.80. The molecule has 1 rings (SSSR count). The van der Waals surface area contributed by atoms with Crippen LogP contribution in [0.3, 0.4) is 0 Å². The third-order valence-corrected chi connectivity index (χ3v) is 2.46. The van der Waals surface area contributed by atoms with Crippen molar-refractivity contribution in [2.75, 3.05) is 0 Å². The molecule has 2 nitrogen and oxygen atoms in total. The molecule has 1 aromatic carbocycles. The molecule has 1 N–H and O–H groups in total. The molecule has 1 unspecified atom stereocenters. The number of hydrogen-bond acceptors (Lipinski definition) is 2. The summed E-state index contributed by atoms with van der Waals surface area (Å²) in [6.07, 6.45) is 1.35. The molecule has 0 bridgehead atoms. The Labute approximate surface area is 84.6 Å². The van der Waals surface area contributed by atoms with Gasteiger partial charge in [-0.2, -0.15) is 0 Å². The summed E-state index contributed by atoms with van der Waals surface area (Å²) in [6, 6.07) is 3.88. The van der Waals surface area contributed by atoms with Crippen LogP contribution in [0.25, 0.3) is 0 Å². The van der Waals surface area contributed by atoms with Gasteiger partial charge < -0.3 is 9.90 Å². The zero-order valence-electron chi connectivity index (χ0n) is 8.87. The van der Waals surface area contributed by atoms with Crippen LogP contribution in [0.2, 0.25) is 0 Å². The number of benzene rings is 1. The summed E-state index contributed by atoms with van der Waals surface area (Å²) < 4.78 is 0. The van der Waals surface area contributed by atoms with Gasteiger partial charge in [0.05, 0.1) is 0 Å². The van der Waals surface area contributed by atoms with Crippen molar-refractivity contribution in [1.82, 2.24) is 0 Å². The maximum Gasteiger partial charge on any atom is 0.121 e. The Morgan fingerprint density at radius 3 is 2.64 bits per heavy atom. The van der Waals surface area contributed by atoms with E-state index in [-0.39, 0.29) is 5.92 Å².